The molecule has 0 atom stereocenters. The summed E-state index contributed by atoms with van der Waals surface area (Å²) in [5.41, 5.74) is 0. The van der Waals surface area contributed by atoms with Crippen LogP contribution in [0.4, 0.5) is 0 Å². The Bertz CT molecular complexity index is 46.1. The van der Waals surface area contributed by atoms with Gasteiger partial charge in [-0.3, -0.25) is 0 Å². The van der Waals surface area contributed by atoms with Gasteiger partial charge in [-0.15, -0.1) is 0 Å². The number of rotatable bonds is 0. The molecule has 0 radical (unpaired) electrons. The minimum absolute atomic E-state index is 0.942. The van der Waals surface area contributed by atoms with Crippen molar-refractivity contribution in [2.75, 3.05) is 0 Å². The summed E-state index contributed by atoms with van der Waals surface area (Å²) in [6.07, 6.45) is 7.89. The van der Waals surface area contributed by atoms with Gasteiger partial charge in [0.1, 0.15) is 0 Å². The van der Waals surface area contributed by atoms with Crippen LogP contribution in [-0.4, -0.2) is 16.0 Å². The summed E-state index contributed by atoms with van der Waals surface area (Å²) in [4.78, 5) is 0.942. The number of hydrogen-bond acceptors (Lipinski definition) is 0. The van der Waals surface area contributed by atoms with E-state index in [1.165, 1.54) is 25.7 Å². The van der Waals surface area contributed by atoms with E-state index in [1.54, 1.807) is 0 Å². The molecule has 1 aliphatic rings. The fourth-order valence-corrected chi connectivity index (χ4v) is 1.53. The Hall–Kier alpha value is 0.389. The Morgan fingerprint density at radius 3 is 2.14 bits per heavy atom. The first-order valence-corrected chi connectivity index (χ1v) is 3.97. The molecule has 1 rings (SSSR count). The second-order valence-corrected chi connectivity index (χ2v) is 3.63. The van der Waals surface area contributed by atoms with Crippen molar-refractivity contribution in [2.45, 2.75) is 30.5 Å². The van der Waals surface area contributed by atoms with Crippen LogP contribution in [0.5, 0.6) is 0 Å². The Balaban J connectivity index is 2.12. The van der Waals surface area contributed by atoms with Crippen molar-refractivity contribution in [3.05, 3.63) is 6.42 Å². The number of hydrogen-bond donors (Lipinski definition) is 0. The first-order valence-electron chi connectivity index (χ1n) is 2.89. The zero-order chi connectivity index (χ0) is 5.11. The molecule has 0 amide bonds. The molecule has 0 saturated heterocycles. The molecule has 0 aliphatic heterocycles. The van der Waals surface area contributed by atoms with Gasteiger partial charge in [0.25, 0.3) is 0 Å². The third-order valence-corrected chi connectivity index (χ3v) is 2.49. The van der Waals surface area contributed by atoms with Crippen LogP contribution in [0, 0.1) is 6.42 Å². The van der Waals surface area contributed by atoms with Gasteiger partial charge in [-0.2, -0.15) is 0 Å². The van der Waals surface area contributed by atoms with Crippen molar-refractivity contribution in [2.24, 2.45) is 0 Å². The fourth-order valence-electron chi connectivity index (χ4n) is 0.909. The van der Waals surface area contributed by atoms with E-state index in [4.69, 9.17) is 0 Å². The van der Waals surface area contributed by atoms with Gasteiger partial charge in [-0.25, -0.2) is 0 Å². The summed E-state index contributed by atoms with van der Waals surface area (Å²) < 4.78 is 0. The van der Waals surface area contributed by atoms with Gasteiger partial charge < -0.3 is 0 Å². The van der Waals surface area contributed by atoms with Crippen LogP contribution in [0.3, 0.4) is 0 Å². The Labute approximate surface area is 53.5 Å². The summed E-state index contributed by atoms with van der Waals surface area (Å²) in [6.45, 7) is 0. The van der Waals surface area contributed by atoms with Gasteiger partial charge in [0, 0.05) is 0 Å². The second kappa shape index (κ2) is 2.64. The molecule has 0 spiro atoms. The minimum atomic E-state index is 0.942. The first kappa shape index (κ1) is 5.52. The van der Waals surface area contributed by atoms with Gasteiger partial charge in [0.15, 0.2) is 0 Å². The van der Waals surface area contributed by atoms with Crippen LogP contribution < -0.4 is 0 Å². The van der Waals surface area contributed by atoms with E-state index in [1.807, 2.05) is 0 Å². The molecule has 0 aromatic carbocycles. The summed E-state index contributed by atoms with van der Waals surface area (Å²) >= 11 is 2.75. The van der Waals surface area contributed by atoms with Crippen LogP contribution in [0.1, 0.15) is 25.7 Å². The van der Waals surface area contributed by atoms with E-state index in [2.05, 4.69) is 22.4 Å². The van der Waals surface area contributed by atoms with E-state index >= 15 is 0 Å². The molecule has 0 N–H and O–H groups in total. The van der Waals surface area contributed by atoms with E-state index < -0.39 is 0 Å². The average molecular weight is 162 g/mol. The van der Waals surface area contributed by atoms with Crippen LogP contribution in [0.2, 0.25) is 4.82 Å². The molecule has 1 fully saturated rings. The quantitative estimate of drug-likeness (QED) is 0.373. The average Bonchev–Trinajstić information content (AvgIpc) is 1.69. The van der Waals surface area contributed by atoms with E-state index in [9.17, 15) is 0 Å². The summed E-state index contributed by atoms with van der Waals surface area (Å²) in [6, 6.07) is 0. The Morgan fingerprint density at radius 2 is 1.86 bits per heavy atom. The predicted molar refractivity (Wildman–Crippen MR) is 33.7 cm³/mol. The molecular weight excluding hydrogens is 151 g/mol. The molecule has 0 heterocycles. The van der Waals surface area contributed by atoms with Crippen molar-refractivity contribution >= 4 is 16.0 Å². The topological polar surface area (TPSA) is 0 Å². The van der Waals surface area contributed by atoms with Gasteiger partial charge in [-0.05, 0) is 0 Å². The van der Waals surface area contributed by atoms with Crippen LogP contribution >= 0.6 is 0 Å². The van der Waals surface area contributed by atoms with Gasteiger partial charge in [0.2, 0.25) is 0 Å². The first-order chi connectivity index (χ1) is 3.39. The molecule has 0 aromatic heterocycles. The zero-order valence-electron chi connectivity index (χ0n) is 4.43. The van der Waals surface area contributed by atoms with Crippen molar-refractivity contribution in [1.29, 1.82) is 0 Å². The summed E-state index contributed by atoms with van der Waals surface area (Å²) in [5.74, 6) is 0. The van der Waals surface area contributed by atoms with Crippen LogP contribution in [0.15, 0.2) is 0 Å². The maximum atomic E-state index is 2.75. The molecule has 0 bridgehead atoms. The Kier molecular flexibility index (Phi) is 2.08. The third-order valence-electron chi connectivity index (χ3n) is 1.41. The second-order valence-electron chi connectivity index (χ2n) is 2.10. The van der Waals surface area contributed by atoms with Crippen molar-refractivity contribution in [1.82, 2.24) is 0 Å². The third kappa shape index (κ3) is 1.75. The summed E-state index contributed by atoms with van der Waals surface area (Å²) in [7, 11) is 0. The van der Waals surface area contributed by atoms with Crippen molar-refractivity contribution in [3.63, 3.8) is 0 Å². The molecule has 1 heteroatoms. The molecule has 1 saturated carbocycles. The van der Waals surface area contributed by atoms with Gasteiger partial charge in [0.05, 0.1) is 0 Å². The Morgan fingerprint density at radius 1 is 1.29 bits per heavy atom. The SMILES string of the molecule is [SeH]C1CC[CH+]CC1. The molecule has 1 aliphatic carbocycles. The standard InChI is InChI=1S/C6H10Se/c7-6-4-2-1-3-5-6/h1,6H,2-5H2/p+1. The normalized spacial score (nSPS) is 24.1. The maximum absolute atomic E-state index is 2.75. The molecule has 40 valence electrons. The molecule has 0 unspecified atom stereocenters. The summed E-state index contributed by atoms with van der Waals surface area (Å²) in [5, 5.41) is 0. The van der Waals surface area contributed by atoms with E-state index in [0.29, 0.717) is 0 Å². The van der Waals surface area contributed by atoms with Gasteiger partial charge in [-0.1, -0.05) is 0 Å². The van der Waals surface area contributed by atoms with Gasteiger partial charge >= 0.3 is 52.9 Å². The molecule has 7 heavy (non-hydrogen) atoms. The van der Waals surface area contributed by atoms with Crippen LogP contribution in [-0.2, 0) is 0 Å². The molecular formula is C6H11Se+. The predicted octanol–water partition coefficient (Wildman–Crippen LogP) is 1.45. The monoisotopic (exact) mass is 163 g/mol. The van der Waals surface area contributed by atoms with Crippen molar-refractivity contribution in [3.8, 4) is 0 Å². The molecule has 0 nitrogen and oxygen atoms in total. The van der Waals surface area contributed by atoms with E-state index in [0.717, 1.165) is 4.82 Å². The van der Waals surface area contributed by atoms with Crippen LogP contribution in [0.25, 0.3) is 0 Å². The van der Waals surface area contributed by atoms with Crippen molar-refractivity contribution < 1.29 is 0 Å². The fraction of sp³-hybridized carbons (Fsp3) is 0.833. The molecule has 0 aromatic rings. The zero-order valence-corrected chi connectivity index (χ0v) is 6.31. The van der Waals surface area contributed by atoms with E-state index in [-0.39, 0.29) is 0 Å².